The van der Waals surface area contributed by atoms with Gasteiger partial charge < -0.3 is 4.90 Å². The Hall–Kier alpha value is -1.38. The van der Waals surface area contributed by atoms with Gasteiger partial charge >= 0.3 is 0 Å². The van der Waals surface area contributed by atoms with E-state index in [0.29, 0.717) is 5.56 Å². The number of aldehydes is 1. The summed E-state index contributed by atoms with van der Waals surface area (Å²) in [6.45, 7) is 1.04. The molecular weight excluding hydrogens is 224 g/mol. The molecule has 0 saturated heterocycles. The van der Waals surface area contributed by atoms with Gasteiger partial charge in [-0.25, -0.2) is 4.98 Å². The molecule has 2 fully saturated rings. The van der Waals surface area contributed by atoms with Gasteiger partial charge in [-0.1, -0.05) is 6.42 Å². The van der Waals surface area contributed by atoms with Crippen molar-refractivity contribution in [1.82, 2.24) is 4.98 Å². The van der Waals surface area contributed by atoms with Gasteiger partial charge in [-0.15, -0.1) is 0 Å². The van der Waals surface area contributed by atoms with Crippen molar-refractivity contribution in [3.05, 3.63) is 23.9 Å². The predicted molar refractivity (Wildman–Crippen MR) is 71.8 cm³/mol. The third-order valence-corrected chi connectivity index (χ3v) is 4.70. The van der Waals surface area contributed by atoms with E-state index in [0.717, 1.165) is 36.4 Å². The highest BCUT2D eigenvalue weighted by molar-refractivity contribution is 5.82. The Kier molecular flexibility index (Phi) is 3.06. The number of fused-ring (bicyclic) bond motifs is 2. The molecule has 3 nitrogen and oxygen atoms in total. The molecule has 0 N–H and O–H groups in total. The van der Waals surface area contributed by atoms with Gasteiger partial charge in [0.15, 0.2) is 6.29 Å². The molecule has 1 aromatic rings. The molecule has 0 spiro atoms. The van der Waals surface area contributed by atoms with Crippen molar-refractivity contribution in [2.24, 2.45) is 17.8 Å². The molecule has 1 aromatic heterocycles. The van der Waals surface area contributed by atoms with Gasteiger partial charge in [0.2, 0.25) is 0 Å². The van der Waals surface area contributed by atoms with Crippen LogP contribution in [0.4, 0.5) is 5.82 Å². The van der Waals surface area contributed by atoms with Crippen molar-refractivity contribution >= 4 is 12.1 Å². The number of carbonyl (C=O) groups excluding carboxylic acids is 1. The molecule has 2 bridgehead atoms. The molecule has 2 saturated carbocycles. The van der Waals surface area contributed by atoms with Crippen molar-refractivity contribution in [1.29, 1.82) is 0 Å². The summed E-state index contributed by atoms with van der Waals surface area (Å²) in [5.41, 5.74) is 0.697. The molecule has 3 atom stereocenters. The van der Waals surface area contributed by atoms with Gasteiger partial charge in [-0.3, -0.25) is 4.79 Å². The number of rotatable bonds is 4. The normalized spacial score (nSPS) is 29.5. The van der Waals surface area contributed by atoms with Crippen LogP contribution in [0.2, 0.25) is 0 Å². The molecule has 3 heteroatoms. The first-order valence-corrected chi connectivity index (χ1v) is 6.89. The van der Waals surface area contributed by atoms with Crippen LogP contribution >= 0.6 is 0 Å². The number of pyridine rings is 1. The van der Waals surface area contributed by atoms with Crippen LogP contribution in [-0.2, 0) is 0 Å². The van der Waals surface area contributed by atoms with Gasteiger partial charge in [-0.2, -0.15) is 0 Å². The second kappa shape index (κ2) is 4.71. The summed E-state index contributed by atoms with van der Waals surface area (Å²) in [5, 5.41) is 0. The van der Waals surface area contributed by atoms with E-state index in [1.54, 1.807) is 6.20 Å². The highest BCUT2D eigenvalue weighted by Crippen LogP contribution is 2.48. The maximum absolute atomic E-state index is 11.0. The third kappa shape index (κ3) is 2.02. The fraction of sp³-hybridized carbons (Fsp3) is 0.600. The number of carbonyl (C=O) groups is 1. The van der Waals surface area contributed by atoms with Crippen LogP contribution in [0.15, 0.2) is 18.3 Å². The van der Waals surface area contributed by atoms with Crippen LogP contribution in [-0.4, -0.2) is 24.9 Å². The lowest BCUT2D eigenvalue weighted by Crippen LogP contribution is -2.29. The molecule has 3 rings (SSSR count). The molecule has 3 unspecified atom stereocenters. The molecule has 0 aliphatic heterocycles. The first-order chi connectivity index (χ1) is 8.78. The highest BCUT2D eigenvalue weighted by Gasteiger charge is 2.39. The van der Waals surface area contributed by atoms with E-state index in [2.05, 4.69) is 16.9 Å². The average molecular weight is 244 g/mol. The van der Waals surface area contributed by atoms with Gasteiger partial charge in [0.1, 0.15) is 5.82 Å². The van der Waals surface area contributed by atoms with Crippen LogP contribution < -0.4 is 4.90 Å². The molecule has 2 aliphatic carbocycles. The van der Waals surface area contributed by atoms with Crippen LogP contribution in [0.1, 0.15) is 36.0 Å². The fourth-order valence-electron chi connectivity index (χ4n) is 3.86. The number of anilines is 1. The van der Waals surface area contributed by atoms with Crippen LogP contribution in [0.25, 0.3) is 0 Å². The number of hydrogen-bond acceptors (Lipinski definition) is 3. The van der Waals surface area contributed by atoms with Crippen molar-refractivity contribution in [2.45, 2.75) is 25.7 Å². The summed E-state index contributed by atoms with van der Waals surface area (Å²) in [4.78, 5) is 17.5. The molecule has 1 heterocycles. The minimum absolute atomic E-state index is 0.697. The van der Waals surface area contributed by atoms with E-state index in [4.69, 9.17) is 0 Å². The lowest BCUT2D eigenvalue weighted by molar-refractivity contribution is 0.112. The summed E-state index contributed by atoms with van der Waals surface area (Å²) in [7, 11) is 2.06. The number of hydrogen-bond donors (Lipinski definition) is 0. The SMILES string of the molecule is CN(CC1CC2CCC1C2)c1ncccc1C=O. The second-order valence-corrected chi connectivity index (χ2v) is 5.85. The largest absolute Gasteiger partial charge is 0.359 e. The molecular formula is C15H20N2O. The highest BCUT2D eigenvalue weighted by atomic mass is 16.1. The number of nitrogens with zero attached hydrogens (tertiary/aromatic N) is 2. The molecule has 2 aliphatic rings. The summed E-state index contributed by atoms with van der Waals surface area (Å²) in [5.74, 6) is 3.52. The Balaban J connectivity index is 1.71. The van der Waals surface area contributed by atoms with E-state index in [-0.39, 0.29) is 0 Å². The van der Waals surface area contributed by atoms with Gasteiger partial charge in [0.25, 0.3) is 0 Å². The zero-order chi connectivity index (χ0) is 12.5. The lowest BCUT2D eigenvalue weighted by Gasteiger charge is -2.28. The summed E-state index contributed by atoms with van der Waals surface area (Å²) in [6, 6.07) is 3.66. The molecule has 0 aromatic carbocycles. The quantitative estimate of drug-likeness (QED) is 0.764. The maximum Gasteiger partial charge on any atom is 0.153 e. The molecule has 0 amide bonds. The minimum atomic E-state index is 0.697. The topological polar surface area (TPSA) is 33.2 Å². The Bertz CT molecular complexity index is 446. The van der Waals surface area contributed by atoms with Crippen molar-refractivity contribution in [3.63, 3.8) is 0 Å². The van der Waals surface area contributed by atoms with Gasteiger partial charge in [0.05, 0.1) is 5.56 Å². The number of aromatic nitrogens is 1. The van der Waals surface area contributed by atoms with E-state index >= 15 is 0 Å². The predicted octanol–water partition coefficient (Wildman–Crippen LogP) is 2.77. The summed E-state index contributed by atoms with van der Waals surface area (Å²) >= 11 is 0. The lowest BCUT2D eigenvalue weighted by atomic mass is 9.88. The second-order valence-electron chi connectivity index (χ2n) is 5.85. The minimum Gasteiger partial charge on any atom is -0.359 e. The van der Waals surface area contributed by atoms with Crippen LogP contribution in [0, 0.1) is 17.8 Å². The van der Waals surface area contributed by atoms with Crippen LogP contribution in [0.3, 0.4) is 0 Å². The third-order valence-electron chi connectivity index (χ3n) is 4.70. The Morgan fingerprint density at radius 3 is 3.00 bits per heavy atom. The van der Waals surface area contributed by atoms with E-state index in [9.17, 15) is 4.79 Å². The first kappa shape index (κ1) is 11.7. The van der Waals surface area contributed by atoms with Crippen LogP contribution in [0.5, 0.6) is 0 Å². The van der Waals surface area contributed by atoms with E-state index in [1.807, 2.05) is 12.1 Å². The standard InChI is InChI=1S/C15H20N2O/c1-17(15-13(10-18)3-2-6-16-15)9-14-8-11-4-5-12(14)7-11/h2-3,6,10-12,14H,4-5,7-9H2,1H3. The first-order valence-electron chi connectivity index (χ1n) is 6.89. The van der Waals surface area contributed by atoms with Crippen molar-refractivity contribution in [3.8, 4) is 0 Å². The van der Waals surface area contributed by atoms with Gasteiger partial charge in [0, 0.05) is 19.8 Å². The molecule has 0 radical (unpaired) electrons. The Morgan fingerprint density at radius 2 is 2.33 bits per heavy atom. The molecule has 96 valence electrons. The summed E-state index contributed by atoms with van der Waals surface area (Å²) in [6.07, 6.45) is 8.32. The average Bonchev–Trinajstić information content (AvgIpc) is 3.01. The zero-order valence-electron chi connectivity index (χ0n) is 10.9. The Labute approximate surface area is 108 Å². The maximum atomic E-state index is 11.0. The summed E-state index contributed by atoms with van der Waals surface area (Å²) < 4.78 is 0. The van der Waals surface area contributed by atoms with E-state index in [1.165, 1.54) is 25.7 Å². The Morgan fingerprint density at radius 1 is 1.44 bits per heavy atom. The zero-order valence-corrected chi connectivity index (χ0v) is 10.9. The van der Waals surface area contributed by atoms with Gasteiger partial charge in [-0.05, 0) is 49.1 Å². The van der Waals surface area contributed by atoms with Crippen molar-refractivity contribution in [2.75, 3.05) is 18.5 Å². The molecule has 18 heavy (non-hydrogen) atoms. The van der Waals surface area contributed by atoms with E-state index < -0.39 is 0 Å². The fourth-order valence-corrected chi connectivity index (χ4v) is 3.86. The smallest absolute Gasteiger partial charge is 0.153 e. The monoisotopic (exact) mass is 244 g/mol. The van der Waals surface area contributed by atoms with Crippen molar-refractivity contribution < 1.29 is 4.79 Å².